The zero-order valence-electron chi connectivity index (χ0n) is 18.9. The maximum absolute atomic E-state index is 11.9. The first kappa shape index (κ1) is 27.2. The molecule has 0 saturated heterocycles. The number of nitrogens with zero attached hydrogens (tertiary/aromatic N) is 4. The van der Waals surface area contributed by atoms with Crippen molar-refractivity contribution in [1.29, 1.82) is 0 Å². The molecule has 1 N–H and O–H groups in total. The lowest BCUT2D eigenvalue weighted by Crippen LogP contribution is -2.11. The fraction of sp³-hybridized carbons (Fsp3) is 0.273. The summed E-state index contributed by atoms with van der Waals surface area (Å²) >= 11 is 17.0. The second-order valence-corrected chi connectivity index (χ2v) is 7.92. The van der Waals surface area contributed by atoms with E-state index in [-0.39, 0.29) is 39.9 Å². The third-order valence-electron chi connectivity index (χ3n) is 3.92. The molecule has 34 heavy (non-hydrogen) atoms. The maximum atomic E-state index is 11.9. The number of nitrogens with one attached hydrogen (secondary N) is 1. The van der Waals surface area contributed by atoms with Gasteiger partial charge in [-0.1, -0.05) is 40.9 Å². The van der Waals surface area contributed by atoms with Crippen molar-refractivity contribution in [2.45, 2.75) is 27.7 Å². The van der Waals surface area contributed by atoms with E-state index in [0.29, 0.717) is 5.69 Å². The van der Waals surface area contributed by atoms with Gasteiger partial charge in [0.15, 0.2) is 21.7 Å². The minimum atomic E-state index is -0.600. The Bertz CT molecular complexity index is 1160. The van der Waals surface area contributed by atoms with Gasteiger partial charge in [-0.2, -0.15) is 0 Å². The summed E-state index contributed by atoms with van der Waals surface area (Å²) < 4.78 is 9.65. The topological polar surface area (TPSA) is 116 Å². The van der Waals surface area contributed by atoms with Crippen molar-refractivity contribution < 1.29 is 19.1 Å². The van der Waals surface area contributed by atoms with E-state index in [9.17, 15) is 9.59 Å². The lowest BCUT2D eigenvalue weighted by Gasteiger charge is -2.11. The van der Waals surface area contributed by atoms with Gasteiger partial charge in [-0.05, 0) is 57.0 Å². The highest BCUT2D eigenvalue weighted by atomic mass is 35.5. The van der Waals surface area contributed by atoms with Crippen molar-refractivity contribution in [2.24, 2.45) is 0 Å². The van der Waals surface area contributed by atoms with Crippen LogP contribution in [0.15, 0.2) is 30.3 Å². The predicted octanol–water partition coefficient (Wildman–Crippen LogP) is 5.63. The number of carbonyl (C=O) groups is 2. The van der Waals surface area contributed by atoms with Gasteiger partial charge in [-0.15, -0.1) is 20.4 Å². The summed E-state index contributed by atoms with van der Waals surface area (Å²) in [6.45, 7) is 7.96. The van der Waals surface area contributed by atoms with Gasteiger partial charge in [-0.3, -0.25) is 0 Å². The van der Waals surface area contributed by atoms with Crippen molar-refractivity contribution in [2.75, 3.05) is 18.5 Å². The van der Waals surface area contributed by atoms with Crippen LogP contribution < -0.4 is 5.32 Å². The first-order chi connectivity index (χ1) is 16.1. The number of halogens is 3. The molecule has 0 spiro atoms. The van der Waals surface area contributed by atoms with Crippen LogP contribution in [-0.4, -0.2) is 45.5 Å². The summed E-state index contributed by atoms with van der Waals surface area (Å²) in [5.41, 5.74) is 3.64. The van der Waals surface area contributed by atoms with Gasteiger partial charge in [0.2, 0.25) is 0 Å². The van der Waals surface area contributed by atoms with E-state index >= 15 is 0 Å². The molecule has 0 aliphatic rings. The van der Waals surface area contributed by atoms with Crippen LogP contribution >= 0.6 is 34.8 Å². The van der Waals surface area contributed by atoms with Crippen LogP contribution in [0.1, 0.15) is 46.0 Å². The molecule has 180 valence electrons. The van der Waals surface area contributed by atoms with Crippen molar-refractivity contribution in [3.63, 3.8) is 0 Å². The molecule has 3 aromatic rings. The van der Waals surface area contributed by atoms with Gasteiger partial charge < -0.3 is 14.8 Å². The Morgan fingerprint density at radius 3 is 1.79 bits per heavy atom. The largest absolute Gasteiger partial charge is 0.461 e. The predicted molar refractivity (Wildman–Crippen MR) is 130 cm³/mol. The summed E-state index contributed by atoms with van der Waals surface area (Å²) in [5, 5.41) is 18.1. The maximum Gasteiger partial charge on any atom is 0.361 e. The fourth-order valence-electron chi connectivity index (χ4n) is 2.70. The van der Waals surface area contributed by atoms with Crippen LogP contribution in [0.3, 0.4) is 0 Å². The van der Waals surface area contributed by atoms with Crippen LogP contribution in [0.4, 0.5) is 11.4 Å². The molecule has 0 aliphatic heterocycles. The molecule has 0 bridgehead atoms. The molecule has 0 fully saturated rings. The van der Waals surface area contributed by atoms with E-state index < -0.39 is 11.9 Å². The average molecular weight is 527 g/mol. The first-order valence-corrected chi connectivity index (χ1v) is 11.2. The van der Waals surface area contributed by atoms with E-state index in [4.69, 9.17) is 39.5 Å². The standard InChI is InChI=1S/C15H16ClN3O2.C7H6Cl2N2O2/c1-4-21-15(20)14-12(8-13(16)18-19-14)17-11-6-9(2)5-10(3)7-11;1-2-13-7(12)6-4(8)3-5(9)10-11-6/h5-8H,4H2,1-3H3,(H,17,18);3H,2H2,1H3. The molecule has 0 unspecified atom stereocenters. The lowest BCUT2D eigenvalue weighted by molar-refractivity contribution is 0.0509. The average Bonchev–Trinajstić information content (AvgIpc) is 2.74. The molecule has 0 aliphatic carbocycles. The van der Waals surface area contributed by atoms with E-state index in [1.165, 1.54) is 6.07 Å². The molecule has 0 saturated carbocycles. The van der Waals surface area contributed by atoms with Crippen molar-refractivity contribution in [3.05, 3.63) is 68.2 Å². The number of aryl methyl sites for hydroxylation is 2. The summed E-state index contributed by atoms with van der Waals surface area (Å²) in [6.07, 6.45) is 0. The molecule has 0 radical (unpaired) electrons. The number of hydrogen-bond acceptors (Lipinski definition) is 9. The number of ether oxygens (including phenoxy) is 2. The highest BCUT2D eigenvalue weighted by molar-refractivity contribution is 6.35. The minimum Gasteiger partial charge on any atom is -0.461 e. The molecular formula is C22H22Cl3N5O4. The van der Waals surface area contributed by atoms with Crippen molar-refractivity contribution >= 4 is 58.1 Å². The number of benzene rings is 1. The number of carbonyl (C=O) groups excluding carboxylic acids is 2. The SMILES string of the molecule is CCOC(=O)c1nnc(Cl)cc1Cl.CCOC(=O)c1nnc(Cl)cc1Nc1cc(C)cc(C)c1. The second-order valence-electron chi connectivity index (χ2n) is 6.74. The molecule has 3 rings (SSSR count). The lowest BCUT2D eigenvalue weighted by atomic mass is 10.1. The summed E-state index contributed by atoms with van der Waals surface area (Å²) in [6, 6.07) is 8.89. The van der Waals surface area contributed by atoms with Crippen LogP contribution in [0, 0.1) is 13.8 Å². The molecule has 2 heterocycles. The van der Waals surface area contributed by atoms with Gasteiger partial charge in [-0.25, -0.2) is 9.59 Å². The fourth-order valence-corrected chi connectivity index (χ4v) is 3.27. The molecular weight excluding hydrogens is 505 g/mol. The quantitative estimate of drug-likeness (QED) is 0.408. The molecule has 2 aromatic heterocycles. The van der Waals surface area contributed by atoms with Gasteiger partial charge in [0, 0.05) is 11.8 Å². The Labute approximate surface area is 211 Å². The molecule has 9 nitrogen and oxygen atoms in total. The number of anilines is 2. The highest BCUT2D eigenvalue weighted by Gasteiger charge is 2.17. The third kappa shape index (κ3) is 8.09. The zero-order chi connectivity index (χ0) is 25.3. The van der Waals surface area contributed by atoms with E-state index in [2.05, 4.69) is 36.5 Å². The zero-order valence-corrected chi connectivity index (χ0v) is 21.1. The van der Waals surface area contributed by atoms with Crippen LogP contribution in [0.5, 0.6) is 0 Å². The highest BCUT2D eigenvalue weighted by Crippen LogP contribution is 2.24. The van der Waals surface area contributed by atoms with E-state index in [1.807, 2.05) is 26.0 Å². The summed E-state index contributed by atoms with van der Waals surface area (Å²) in [4.78, 5) is 23.0. The third-order valence-corrected chi connectivity index (χ3v) is 4.58. The molecule has 1 aromatic carbocycles. The van der Waals surface area contributed by atoms with Gasteiger partial charge in [0.1, 0.15) is 0 Å². The van der Waals surface area contributed by atoms with Crippen LogP contribution in [-0.2, 0) is 9.47 Å². The van der Waals surface area contributed by atoms with E-state index in [0.717, 1.165) is 16.8 Å². The minimum absolute atomic E-state index is 0.0204. The summed E-state index contributed by atoms with van der Waals surface area (Å²) in [7, 11) is 0. The van der Waals surface area contributed by atoms with E-state index in [1.54, 1.807) is 19.9 Å². The van der Waals surface area contributed by atoms with Crippen molar-refractivity contribution in [3.8, 4) is 0 Å². The van der Waals surface area contributed by atoms with Gasteiger partial charge >= 0.3 is 11.9 Å². The number of hydrogen-bond donors (Lipinski definition) is 1. The Kier molecular flexibility index (Phi) is 10.4. The van der Waals surface area contributed by atoms with Crippen LogP contribution in [0.2, 0.25) is 15.3 Å². The Morgan fingerprint density at radius 1 is 0.765 bits per heavy atom. The number of aromatic nitrogens is 4. The molecule has 0 atom stereocenters. The Hall–Kier alpha value is -3.01. The number of esters is 2. The first-order valence-electron chi connectivity index (χ1n) is 10.1. The normalized spacial score (nSPS) is 10.1. The smallest absolute Gasteiger partial charge is 0.361 e. The van der Waals surface area contributed by atoms with Gasteiger partial charge in [0.25, 0.3) is 0 Å². The van der Waals surface area contributed by atoms with Crippen molar-refractivity contribution in [1.82, 2.24) is 20.4 Å². The van der Waals surface area contributed by atoms with Crippen LogP contribution in [0.25, 0.3) is 0 Å². The second kappa shape index (κ2) is 13.0. The Morgan fingerprint density at radius 2 is 1.26 bits per heavy atom. The molecule has 12 heteroatoms. The van der Waals surface area contributed by atoms with Gasteiger partial charge in [0.05, 0.1) is 23.9 Å². The summed E-state index contributed by atoms with van der Waals surface area (Å²) in [5.74, 6) is -1.13. The Balaban J connectivity index is 0.000000270. The molecule has 0 amide bonds. The monoisotopic (exact) mass is 525 g/mol. The number of rotatable bonds is 6.